The maximum atomic E-state index is 9.50. The Labute approximate surface area is 102 Å². The first-order chi connectivity index (χ1) is 8.27. The highest BCUT2D eigenvalue weighted by molar-refractivity contribution is 5.15. The van der Waals surface area contributed by atoms with Gasteiger partial charge in [0.05, 0.1) is 6.61 Å². The van der Waals surface area contributed by atoms with E-state index in [1.807, 2.05) is 12.3 Å². The summed E-state index contributed by atoms with van der Waals surface area (Å²) < 4.78 is 0. The Balaban J connectivity index is 2.19. The lowest BCUT2D eigenvalue weighted by atomic mass is 10.0. The van der Waals surface area contributed by atoms with E-state index in [1.54, 1.807) is 6.20 Å². The van der Waals surface area contributed by atoms with Gasteiger partial charge in [-0.2, -0.15) is 0 Å². The van der Waals surface area contributed by atoms with E-state index in [0.717, 1.165) is 18.5 Å². The van der Waals surface area contributed by atoms with Crippen LogP contribution < -0.4 is 5.73 Å². The van der Waals surface area contributed by atoms with Crippen LogP contribution in [-0.2, 0) is 0 Å². The quantitative estimate of drug-likeness (QED) is 0.809. The molecule has 0 saturated carbocycles. The van der Waals surface area contributed by atoms with Crippen LogP contribution in [0.4, 0.5) is 0 Å². The van der Waals surface area contributed by atoms with Crippen LogP contribution in [0.2, 0.25) is 0 Å². The molecule has 0 aliphatic carbocycles. The van der Waals surface area contributed by atoms with Crippen LogP contribution in [0.5, 0.6) is 0 Å². The number of nitrogens with two attached hydrogens (primary N) is 1. The van der Waals surface area contributed by atoms with E-state index in [1.165, 1.54) is 0 Å². The zero-order chi connectivity index (χ0) is 12.3. The third-order valence-electron chi connectivity index (χ3n) is 3.81. The van der Waals surface area contributed by atoms with Crippen molar-refractivity contribution in [2.24, 2.45) is 11.7 Å². The molecule has 3 atom stereocenters. The van der Waals surface area contributed by atoms with Gasteiger partial charge in [-0.15, -0.1) is 0 Å². The zero-order valence-electron chi connectivity index (χ0n) is 10.3. The van der Waals surface area contributed by atoms with Crippen LogP contribution in [0.15, 0.2) is 24.5 Å². The van der Waals surface area contributed by atoms with Gasteiger partial charge >= 0.3 is 0 Å². The van der Waals surface area contributed by atoms with E-state index in [-0.39, 0.29) is 18.7 Å². The van der Waals surface area contributed by atoms with Crippen molar-refractivity contribution in [1.29, 1.82) is 0 Å². The summed E-state index contributed by atoms with van der Waals surface area (Å²) in [4.78, 5) is 6.47. The molecule has 0 aromatic carbocycles. The van der Waals surface area contributed by atoms with E-state index < -0.39 is 0 Å². The van der Waals surface area contributed by atoms with E-state index in [4.69, 9.17) is 5.73 Å². The average Bonchev–Trinajstić information content (AvgIpc) is 2.73. The molecule has 1 aliphatic heterocycles. The molecule has 17 heavy (non-hydrogen) atoms. The second-order valence-electron chi connectivity index (χ2n) is 4.79. The Morgan fingerprint density at radius 1 is 1.65 bits per heavy atom. The molecule has 2 rings (SSSR count). The van der Waals surface area contributed by atoms with Crippen LogP contribution in [0, 0.1) is 5.92 Å². The molecule has 1 aromatic heterocycles. The molecule has 0 bridgehead atoms. The topological polar surface area (TPSA) is 62.4 Å². The lowest BCUT2D eigenvalue weighted by Crippen LogP contribution is -2.41. The summed E-state index contributed by atoms with van der Waals surface area (Å²) in [6, 6.07) is 4.39. The van der Waals surface area contributed by atoms with Crippen molar-refractivity contribution in [1.82, 2.24) is 9.88 Å². The summed E-state index contributed by atoms with van der Waals surface area (Å²) in [5, 5.41) is 9.50. The first kappa shape index (κ1) is 12.5. The SMILES string of the molecule is CC1CCN(C(CN)c2cccnc2)C1CO. The maximum Gasteiger partial charge on any atom is 0.0589 e. The van der Waals surface area contributed by atoms with E-state index in [9.17, 15) is 5.11 Å². The van der Waals surface area contributed by atoms with Crippen molar-refractivity contribution in [3.05, 3.63) is 30.1 Å². The molecular formula is C13H21N3O. The molecule has 0 amide bonds. The van der Waals surface area contributed by atoms with E-state index >= 15 is 0 Å². The molecule has 94 valence electrons. The summed E-state index contributed by atoms with van der Waals surface area (Å²) in [5.41, 5.74) is 7.04. The van der Waals surface area contributed by atoms with Crippen molar-refractivity contribution in [2.75, 3.05) is 19.7 Å². The zero-order valence-corrected chi connectivity index (χ0v) is 10.3. The maximum absolute atomic E-state index is 9.50. The van der Waals surface area contributed by atoms with Gasteiger partial charge < -0.3 is 10.8 Å². The summed E-state index contributed by atoms with van der Waals surface area (Å²) in [7, 11) is 0. The molecule has 0 spiro atoms. The smallest absolute Gasteiger partial charge is 0.0589 e. The molecule has 1 aromatic rings. The van der Waals surface area contributed by atoms with E-state index in [0.29, 0.717) is 12.5 Å². The highest BCUT2D eigenvalue weighted by Gasteiger charge is 2.35. The molecule has 4 nitrogen and oxygen atoms in total. The third kappa shape index (κ3) is 2.49. The first-order valence-corrected chi connectivity index (χ1v) is 6.24. The van der Waals surface area contributed by atoms with Gasteiger partial charge in [-0.3, -0.25) is 9.88 Å². The number of aromatic nitrogens is 1. The van der Waals surface area contributed by atoms with Crippen molar-refractivity contribution in [2.45, 2.75) is 25.4 Å². The normalized spacial score (nSPS) is 27.2. The number of aliphatic hydroxyl groups is 1. The molecule has 3 N–H and O–H groups in total. The predicted molar refractivity (Wildman–Crippen MR) is 67.4 cm³/mol. The predicted octanol–water partition coefficient (Wildman–Crippen LogP) is 0.784. The molecular weight excluding hydrogens is 214 g/mol. The second kappa shape index (κ2) is 5.58. The van der Waals surface area contributed by atoms with Crippen molar-refractivity contribution in [3.8, 4) is 0 Å². The van der Waals surface area contributed by atoms with Gasteiger partial charge in [0.15, 0.2) is 0 Å². The standard InChI is InChI=1S/C13H21N3O/c1-10-4-6-16(13(10)9-17)12(7-14)11-3-2-5-15-8-11/h2-3,5,8,10,12-13,17H,4,6-7,9,14H2,1H3. The third-order valence-corrected chi connectivity index (χ3v) is 3.81. The van der Waals surface area contributed by atoms with Crippen molar-refractivity contribution >= 4 is 0 Å². The minimum Gasteiger partial charge on any atom is -0.395 e. The van der Waals surface area contributed by atoms with Crippen LogP contribution in [0.25, 0.3) is 0 Å². The second-order valence-corrected chi connectivity index (χ2v) is 4.79. The van der Waals surface area contributed by atoms with Gasteiger partial charge in [0.25, 0.3) is 0 Å². The van der Waals surface area contributed by atoms with Gasteiger partial charge in [-0.1, -0.05) is 13.0 Å². The number of likely N-dealkylation sites (tertiary alicyclic amines) is 1. The highest BCUT2D eigenvalue weighted by atomic mass is 16.3. The Bertz CT molecular complexity index is 344. The van der Waals surface area contributed by atoms with Crippen LogP contribution in [0.1, 0.15) is 24.9 Å². The van der Waals surface area contributed by atoms with E-state index in [2.05, 4.69) is 22.9 Å². The Morgan fingerprint density at radius 2 is 2.47 bits per heavy atom. The van der Waals surface area contributed by atoms with Crippen LogP contribution >= 0.6 is 0 Å². The Hall–Kier alpha value is -0.970. The number of hydrogen-bond acceptors (Lipinski definition) is 4. The summed E-state index contributed by atoms with van der Waals surface area (Å²) in [6.07, 6.45) is 4.77. The monoisotopic (exact) mass is 235 g/mol. The number of hydrogen-bond donors (Lipinski definition) is 2. The minimum atomic E-state index is 0.172. The van der Waals surface area contributed by atoms with Gasteiger partial charge in [0.1, 0.15) is 0 Å². The molecule has 1 saturated heterocycles. The number of nitrogens with zero attached hydrogens (tertiary/aromatic N) is 2. The fraction of sp³-hybridized carbons (Fsp3) is 0.615. The lowest BCUT2D eigenvalue weighted by Gasteiger charge is -2.32. The number of pyridine rings is 1. The van der Waals surface area contributed by atoms with Crippen molar-refractivity contribution in [3.63, 3.8) is 0 Å². The largest absolute Gasteiger partial charge is 0.395 e. The fourth-order valence-electron chi connectivity index (χ4n) is 2.75. The summed E-state index contributed by atoms with van der Waals surface area (Å²) in [5.74, 6) is 0.533. The van der Waals surface area contributed by atoms with Gasteiger partial charge in [0.2, 0.25) is 0 Å². The van der Waals surface area contributed by atoms with Gasteiger partial charge in [-0.05, 0) is 30.5 Å². The van der Waals surface area contributed by atoms with Crippen LogP contribution in [-0.4, -0.2) is 40.7 Å². The number of rotatable bonds is 4. The lowest BCUT2D eigenvalue weighted by molar-refractivity contribution is 0.105. The number of aliphatic hydroxyl groups excluding tert-OH is 1. The Morgan fingerprint density at radius 3 is 3.06 bits per heavy atom. The Kier molecular flexibility index (Phi) is 4.10. The fourth-order valence-corrected chi connectivity index (χ4v) is 2.75. The van der Waals surface area contributed by atoms with Gasteiger partial charge in [0, 0.05) is 31.0 Å². The molecule has 1 fully saturated rings. The summed E-state index contributed by atoms with van der Waals surface area (Å²) in [6.45, 7) is 3.97. The highest BCUT2D eigenvalue weighted by Crippen LogP contribution is 2.31. The molecule has 3 unspecified atom stereocenters. The minimum absolute atomic E-state index is 0.172. The van der Waals surface area contributed by atoms with Crippen molar-refractivity contribution < 1.29 is 5.11 Å². The summed E-state index contributed by atoms with van der Waals surface area (Å²) >= 11 is 0. The molecule has 2 heterocycles. The van der Waals surface area contributed by atoms with Gasteiger partial charge in [-0.25, -0.2) is 0 Å². The first-order valence-electron chi connectivity index (χ1n) is 6.24. The average molecular weight is 235 g/mol. The molecule has 4 heteroatoms. The van der Waals surface area contributed by atoms with Crippen LogP contribution in [0.3, 0.4) is 0 Å². The molecule has 1 aliphatic rings. The molecule has 0 radical (unpaired) electrons.